The van der Waals surface area contributed by atoms with Crippen LogP contribution in [-0.4, -0.2) is 29.1 Å². The topological polar surface area (TPSA) is 92.5 Å². The van der Waals surface area contributed by atoms with E-state index in [0.29, 0.717) is 12.1 Å². The fourth-order valence-corrected chi connectivity index (χ4v) is 1.43. The minimum atomic E-state index is -0.528. The van der Waals surface area contributed by atoms with Gasteiger partial charge in [-0.15, -0.1) is 0 Å². The fraction of sp³-hybridized carbons (Fsp3) is 0.417. The molecular formula is C12H16N2O4. The number of nitro groups is 1. The number of aliphatic hydroxyl groups excluding tert-OH is 1. The largest absolute Gasteiger partial charge is 0.396 e. The molecule has 0 aromatic heterocycles. The number of rotatable bonds is 5. The maximum Gasteiger partial charge on any atom is 0.270 e. The number of carbonyl (C=O) groups is 1. The van der Waals surface area contributed by atoms with E-state index in [-0.39, 0.29) is 29.7 Å². The minimum Gasteiger partial charge on any atom is -0.396 e. The molecule has 0 aliphatic rings. The van der Waals surface area contributed by atoms with Gasteiger partial charge in [-0.1, -0.05) is 6.92 Å². The molecule has 1 atom stereocenters. The van der Waals surface area contributed by atoms with Crippen molar-refractivity contribution in [1.29, 1.82) is 0 Å². The Labute approximate surface area is 105 Å². The lowest BCUT2D eigenvalue weighted by Crippen LogP contribution is -2.29. The molecule has 0 saturated heterocycles. The van der Waals surface area contributed by atoms with Crippen molar-refractivity contribution in [3.8, 4) is 0 Å². The molecule has 0 spiro atoms. The quantitative estimate of drug-likeness (QED) is 0.609. The second-order valence-corrected chi connectivity index (χ2v) is 4.31. The summed E-state index contributed by atoms with van der Waals surface area (Å²) >= 11 is 0. The van der Waals surface area contributed by atoms with Crippen molar-refractivity contribution in [2.75, 3.05) is 13.2 Å². The summed E-state index contributed by atoms with van der Waals surface area (Å²) in [5.41, 5.74) is 0.812. The molecule has 1 unspecified atom stereocenters. The first kappa shape index (κ1) is 14.1. The van der Waals surface area contributed by atoms with Gasteiger partial charge < -0.3 is 10.4 Å². The third kappa shape index (κ3) is 3.81. The number of benzene rings is 1. The molecule has 0 saturated carbocycles. The van der Waals surface area contributed by atoms with Gasteiger partial charge >= 0.3 is 0 Å². The zero-order valence-corrected chi connectivity index (χ0v) is 10.3. The minimum absolute atomic E-state index is 0.0196. The van der Waals surface area contributed by atoms with Crippen LogP contribution in [0.5, 0.6) is 0 Å². The molecule has 0 aliphatic heterocycles. The molecule has 1 aromatic rings. The highest BCUT2D eigenvalue weighted by atomic mass is 16.6. The second kappa shape index (κ2) is 6.11. The Hall–Kier alpha value is -1.95. The zero-order chi connectivity index (χ0) is 13.7. The van der Waals surface area contributed by atoms with Crippen LogP contribution in [0, 0.1) is 23.0 Å². The van der Waals surface area contributed by atoms with E-state index in [9.17, 15) is 14.9 Å². The van der Waals surface area contributed by atoms with Crippen LogP contribution >= 0.6 is 0 Å². The molecule has 18 heavy (non-hydrogen) atoms. The maximum absolute atomic E-state index is 11.8. The van der Waals surface area contributed by atoms with Gasteiger partial charge in [-0.05, 0) is 24.5 Å². The Morgan fingerprint density at radius 1 is 1.50 bits per heavy atom. The van der Waals surface area contributed by atoms with Crippen molar-refractivity contribution in [2.24, 2.45) is 5.92 Å². The normalized spacial score (nSPS) is 11.9. The Kier molecular flexibility index (Phi) is 4.79. The van der Waals surface area contributed by atoms with Gasteiger partial charge in [-0.3, -0.25) is 14.9 Å². The van der Waals surface area contributed by atoms with Crippen LogP contribution in [0.1, 0.15) is 22.8 Å². The van der Waals surface area contributed by atoms with Gasteiger partial charge in [0.2, 0.25) is 0 Å². The monoisotopic (exact) mass is 252 g/mol. The van der Waals surface area contributed by atoms with E-state index in [0.717, 1.165) is 0 Å². The maximum atomic E-state index is 11.8. The summed E-state index contributed by atoms with van der Waals surface area (Å²) in [5.74, 6) is -0.421. The van der Waals surface area contributed by atoms with Crippen molar-refractivity contribution in [3.05, 3.63) is 39.4 Å². The van der Waals surface area contributed by atoms with Crippen LogP contribution in [-0.2, 0) is 0 Å². The van der Waals surface area contributed by atoms with Crippen LogP contribution < -0.4 is 5.32 Å². The number of nitro benzene ring substituents is 1. The molecule has 0 aliphatic carbocycles. The Bertz CT molecular complexity index is 459. The van der Waals surface area contributed by atoms with Crippen LogP contribution in [0.15, 0.2) is 18.2 Å². The van der Waals surface area contributed by atoms with Crippen molar-refractivity contribution in [1.82, 2.24) is 5.32 Å². The first-order chi connectivity index (χ1) is 8.43. The second-order valence-electron chi connectivity index (χ2n) is 4.31. The fourth-order valence-electron chi connectivity index (χ4n) is 1.43. The predicted molar refractivity (Wildman–Crippen MR) is 66.4 cm³/mol. The van der Waals surface area contributed by atoms with Crippen molar-refractivity contribution >= 4 is 11.6 Å². The lowest BCUT2D eigenvalue weighted by Gasteiger charge is -2.09. The highest BCUT2D eigenvalue weighted by Gasteiger charge is 2.13. The number of nitrogens with one attached hydrogen (secondary N) is 1. The van der Waals surface area contributed by atoms with E-state index in [1.165, 1.54) is 12.1 Å². The first-order valence-electron chi connectivity index (χ1n) is 5.59. The van der Waals surface area contributed by atoms with Gasteiger partial charge in [-0.2, -0.15) is 0 Å². The summed E-state index contributed by atoms with van der Waals surface area (Å²) in [6.07, 6.45) is 0. The third-order valence-corrected chi connectivity index (χ3v) is 2.46. The Morgan fingerprint density at radius 3 is 2.72 bits per heavy atom. The molecule has 2 N–H and O–H groups in total. The molecule has 0 bridgehead atoms. The van der Waals surface area contributed by atoms with E-state index < -0.39 is 4.92 Å². The SMILES string of the molecule is Cc1cc(C(=O)NCC(C)CO)cc([N+](=O)[O-])c1. The predicted octanol–water partition coefficient (Wildman–Crippen LogP) is 1.26. The van der Waals surface area contributed by atoms with Gasteiger partial charge in [0.1, 0.15) is 0 Å². The molecule has 1 rings (SSSR count). The van der Waals surface area contributed by atoms with Crippen LogP contribution in [0.25, 0.3) is 0 Å². The molecule has 98 valence electrons. The van der Waals surface area contributed by atoms with Crippen LogP contribution in [0.2, 0.25) is 0 Å². The van der Waals surface area contributed by atoms with Gasteiger partial charge in [0.25, 0.3) is 11.6 Å². The number of hydrogen-bond acceptors (Lipinski definition) is 4. The lowest BCUT2D eigenvalue weighted by molar-refractivity contribution is -0.384. The highest BCUT2D eigenvalue weighted by molar-refractivity contribution is 5.95. The summed E-state index contributed by atoms with van der Waals surface area (Å²) in [5, 5.41) is 22.1. The van der Waals surface area contributed by atoms with Gasteiger partial charge in [0.05, 0.1) is 4.92 Å². The average molecular weight is 252 g/mol. The summed E-state index contributed by atoms with van der Waals surface area (Å²) in [6, 6.07) is 4.24. The highest BCUT2D eigenvalue weighted by Crippen LogP contribution is 2.16. The molecular weight excluding hydrogens is 236 g/mol. The summed E-state index contributed by atoms with van der Waals surface area (Å²) in [6.45, 7) is 3.80. The van der Waals surface area contributed by atoms with E-state index >= 15 is 0 Å². The number of carbonyl (C=O) groups excluding carboxylic acids is 1. The van der Waals surface area contributed by atoms with E-state index in [4.69, 9.17) is 5.11 Å². The lowest BCUT2D eigenvalue weighted by atomic mass is 10.1. The molecule has 6 heteroatoms. The Morgan fingerprint density at radius 2 is 2.17 bits per heavy atom. The van der Waals surface area contributed by atoms with Gasteiger partial charge in [0.15, 0.2) is 0 Å². The number of aryl methyl sites for hydroxylation is 1. The number of non-ortho nitro benzene ring substituents is 1. The smallest absolute Gasteiger partial charge is 0.270 e. The first-order valence-corrected chi connectivity index (χ1v) is 5.59. The van der Waals surface area contributed by atoms with E-state index in [1.54, 1.807) is 19.9 Å². The molecule has 1 aromatic carbocycles. The van der Waals surface area contributed by atoms with Gasteiger partial charge in [-0.25, -0.2) is 0 Å². The number of hydrogen-bond donors (Lipinski definition) is 2. The number of aliphatic hydroxyl groups is 1. The van der Waals surface area contributed by atoms with E-state index in [2.05, 4.69) is 5.32 Å². The molecule has 6 nitrogen and oxygen atoms in total. The average Bonchev–Trinajstić information content (AvgIpc) is 2.34. The molecule has 0 radical (unpaired) electrons. The molecule has 1 amide bonds. The van der Waals surface area contributed by atoms with Crippen LogP contribution in [0.4, 0.5) is 5.69 Å². The van der Waals surface area contributed by atoms with Gasteiger partial charge in [0, 0.05) is 30.8 Å². The molecule has 0 heterocycles. The zero-order valence-electron chi connectivity index (χ0n) is 10.3. The number of amides is 1. The van der Waals surface area contributed by atoms with Crippen LogP contribution in [0.3, 0.4) is 0 Å². The standard InChI is InChI=1S/C12H16N2O4/c1-8-3-10(5-11(4-8)14(17)18)12(16)13-6-9(2)7-15/h3-5,9,15H,6-7H2,1-2H3,(H,13,16). The number of nitrogens with zero attached hydrogens (tertiary/aromatic N) is 1. The Balaban J connectivity index is 2.82. The summed E-state index contributed by atoms with van der Waals surface area (Å²) < 4.78 is 0. The molecule has 0 fully saturated rings. The summed E-state index contributed by atoms with van der Waals surface area (Å²) in [7, 11) is 0. The van der Waals surface area contributed by atoms with Crippen molar-refractivity contribution in [2.45, 2.75) is 13.8 Å². The summed E-state index contributed by atoms with van der Waals surface area (Å²) in [4.78, 5) is 21.9. The van der Waals surface area contributed by atoms with Crippen molar-refractivity contribution in [3.63, 3.8) is 0 Å². The third-order valence-electron chi connectivity index (χ3n) is 2.46. The van der Waals surface area contributed by atoms with E-state index in [1.807, 2.05) is 0 Å². The van der Waals surface area contributed by atoms with Crippen molar-refractivity contribution < 1.29 is 14.8 Å².